The lowest BCUT2D eigenvalue weighted by atomic mass is 10.1. The Kier molecular flexibility index (Phi) is 4.57. The van der Waals surface area contributed by atoms with Crippen LogP contribution < -0.4 is 9.50 Å². The molecule has 0 aliphatic carbocycles. The summed E-state index contributed by atoms with van der Waals surface area (Å²) in [7, 11) is -5.71. The van der Waals surface area contributed by atoms with Crippen molar-refractivity contribution in [2.75, 3.05) is 0 Å². The third kappa shape index (κ3) is 4.92. The average molecular weight is 325 g/mol. The van der Waals surface area contributed by atoms with Gasteiger partial charge in [0.2, 0.25) is 0 Å². The molecule has 0 fully saturated rings. The van der Waals surface area contributed by atoms with Gasteiger partial charge in [0.15, 0.2) is 0 Å². The quantitative estimate of drug-likeness (QED) is 0.684. The summed E-state index contributed by atoms with van der Waals surface area (Å²) in [6, 6.07) is 4.28. The van der Waals surface area contributed by atoms with Gasteiger partial charge in [-0.3, -0.25) is 4.79 Å². The Hall–Kier alpha value is -1.77. The van der Waals surface area contributed by atoms with E-state index in [4.69, 9.17) is 0 Å². The van der Waals surface area contributed by atoms with Gasteiger partial charge in [-0.2, -0.15) is 21.6 Å². The van der Waals surface area contributed by atoms with Crippen LogP contribution in [0.15, 0.2) is 24.3 Å². The fourth-order valence-electron chi connectivity index (χ4n) is 1.25. The minimum atomic E-state index is -5.71. The minimum Gasteiger partial charge on any atom is -0.376 e. The Bertz CT molecular complexity index is 615. The number of alkyl halides is 3. The number of amides is 1. The Morgan fingerprint density at radius 1 is 1.10 bits per heavy atom. The van der Waals surface area contributed by atoms with Crippen molar-refractivity contribution in [1.82, 2.24) is 5.32 Å². The number of hydrogen-bond donors (Lipinski definition) is 1. The molecule has 1 rings (SSSR count). The van der Waals surface area contributed by atoms with Crippen molar-refractivity contribution in [3.8, 4) is 5.75 Å². The first-order chi connectivity index (χ1) is 9.32. The number of halogens is 3. The van der Waals surface area contributed by atoms with Crippen LogP contribution in [0.5, 0.6) is 5.75 Å². The summed E-state index contributed by atoms with van der Waals surface area (Å²) in [6.45, 7) is 5.29. The maximum absolute atomic E-state index is 12.1. The van der Waals surface area contributed by atoms with Gasteiger partial charge in [-0.25, -0.2) is 0 Å². The van der Waals surface area contributed by atoms with E-state index in [1.165, 1.54) is 12.1 Å². The van der Waals surface area contributed by atoms with Gasteiger partial charge >= 0.3 is 15.6 Å². The van der Waals surface area contributed by atoms with Gasteiger partial charge in [0.25, 0.3) is 5.91 Å². The molecule has 21 heavy (non-hydrogen) atoms. The van der Waals surface area contributed by atoms with E-state index in [0.717, 1.165) is 12.1 Å². The van der Waals surface area contributed by atoms with Crippen LogP contribution in [0.25, 0.3) is 0 Å². The molecule has 1 amide bonds. The number of carbonyl (C=O) groups excluding carboxylic acids is 1. The van der Waals surface area contributed by atoms with Crippen molar-refractivity contribution >= 4 is 16.0 Å². The average Bonchev–Trinajstić information content (AvgIpc) is 2.25. The van der Waals surface area contributed by atoms with E-state index in [-0.39, 0.29) is 5.56 Å². The molecule has 1 N–H and O–H groups in total. The highest BCUT2D eigenvalue weighted by molar-refractivity contribution is 7.87. The molecule has 0 bridgehead atoms. The molecule has 118 valence electrons. The summed E-state index contributed by atoms with van der Waals surface area (Å²) in [5.74, 6) is -0.965. The first-order valence-corrected chi connectivity index (χ1v) is 7.16. The largest absolute Gasteiger partial charge is 0.534 e. The monoisotopic (exact) mass is 325 g/mol. The summed E-state index contributed by atoms with van der Waals surface area (Å²) < 4.78 is 61.9. The zero-order chi connectivity index (χ0) is 16.5. The van der Waals surface area contributed by atoms with Gasteiger partial charge < -0.3 is 9.50 Å². The molecule has 0 radical (unpaired) electrons. The SMILES string of the molecule is CC(C)(C)NC(=O)c1ccc(OS(=O)(=O)C(F)(F)F)cc1. The summed E-state index contributed by atoms with van der Waals surface area (Å²) in [5.41, 5.74) is -5.82. The van der Waals surface area contributed by atoms with E-state index in [1.807, 2.05) is 0 Å². The van der Waals surface area contributed by atoms with Gasteiger partial charge in [0, 0.05) is 11.1 Å². The van der Waals surface area contributed by atoms with E-state index in [2.05, 4.69) is 9.50 Å². The van der Waals surface area contributed by atoms with Gasteiger partial charge in [-0.05, 0) is 45.0 Å². The molecular formula is C12H14F3NO4S. The molecule has 9 heteroatoms. The smallest absolute Gasteiger partial charge is 0.376 e. The third-order valence-electron chi connectivity index (χ3n) is 2.09. The van der Waals surface area contributed by atoms with Crippen LogP contribution in [0.3, 0.4) is 0 Å². The second-order valence-corrected chi connectivity index (χ2v) is 6.75. The number of hydrogen-bond acceptors (Lipinski definition) is 4. The zero-order valence-electron chi connectivity index (χ0n) is 11.5. The van der Waals surface area contributed by atoms with Crippen molar-refractivity contribution in [2.24, 2.45) is 0 Å². The molecule has 1 aromatic carbocycles. The molecule has 5 nitrogen and oxygen atoms in total. The molecule has 0 saturated heterocycles. The molecule has 0 aromatic heterocycles. The van der Waals surface area contributed by atoms with Crippen LogP contribution >= 0.6 is 0 Å². The van der Waals surface area contributed by atoms with Gasteiger partial charge in [0.05, 0.1) is 0 Å². The van der Waals surface area contributed by atoms with Crippen LogP contribution in [0, 0.1) is 0 Å². The molecule has 0 heterocycles. The first-order valence-electron chi connectivity index (χ1n) is 5.75. The molecule has 0 aliphatic heterocycles. The van der Waals surface area contributed by atoms with Crippen molar-refractivity contribution in [2.45, 2.75) is 31.8 Å². The van der Waals surface area contributed by atoms with E-state index in [1.54, 1.807) is 20.8 Å². The Morgan fingerprint density at radius 2 is 1.57 bits per heavy atom. The van der Waals surface area contributed by atoms with Crippen LogP contribution in [-0.4, -0.2) is 25.4 Å². The molecule has 0 aliphatic rings. The number of rotatable bonds is 3. The highest BCUT2D eigenvalue weighted by Gasteiger charge is 2.48. The minimum absolute atomic E-state index is 0.168. The van der Waals surface area contributed by atoms with Crippen LogP contribution in [0.2, 0.25) is 0 Å². The molecular weight excluding hydrogens is 311 g/mol. The second kappa shape index (κ2) is 5.55. The van der Waals surface area contributed by atoms with Crippen molar-refractivity contribution in [3.63, 3.8) is 0 Å². The summed E-state index contributed by atoms with van der Waals surface area (Å²) in [4.78, 5) is 11.8. The lowest BCUT2D eigenvalue weighted by Gasteiger charge is -2.20. The predicted octanol–water partition coefficient (Wildman–Crippen LogP) is 2.44. The van der Waals surface area contributed by atoms with Crippen LogP contribution in [0.4, 0.5) is 13.2 Å². The lowest BCUT2D eigenvalue weighted by Crippen LogP contribution is -2.40. The van der Waals surface area contributed by atoms with Crippen molar-refractivity contribution < 1.29 is 30.6 Å². The Labute approximate surface area is 120 Å². The maximum atomic E-state index is 12.1. The van der Waals surface area contributed by atoms with Crippen LogP contribution in [-0.2, 0) is 10.1 Å². The molecule has 0 atom stereocenters. The zero-order valence-corrected chi connectivity index (χ0v) is 12.3. The number of benzene rings is 1. The molecule has 0 spiro atoms. The van der Waals surface area contributed by atoms with Gasteiger partial charge in [0.1, 0.15) is 5.75 Å². The fraction of sp³-hybridized carbons (Fsp3) is 0.417. The molecule has 1 aromatic rings. The van der Waals surface area contributed by atoms with Crippen molar-refractivity contribution in [1.29, 1.82) is 0 Å². The second-order valence-electron chi connectivity index (χ2n) is 5.21. The summed E-state index contributed by atoms with van der Waals surface area (Å²) >= 11 is 0. The maximum Gasteiger partial charge on any atom is 0.534 e. The highest BCUT2D eigenvalue weighted by Crippen LogP contribution is 2.27. The summed E-state index contributed by atoms with van der Waals surface area (Å²) in [5, 5.41) is 2.65. The Balaban J connectivity index is 2.87. The van der Waals surface area contributed by atoms with Crippen molar-refractivity contribution in [3.05, 3.63) is 29.8 Å². The first kappa shape index (κ1) is 17.3. The van der Waals surface area contributed by atoms with Crippen LogP contribution in [0.1, 0.15) is 31.1 Å². The molecule has 0 unspecified atom stereocenters. The van der Waals surface area contributed by atoms with Gasteiger partial charge in [-0.15, -0.1) is 0 Å². The van der Waals surface area contributed by atoms with E-state index in [9.17, 15) is 26.4 Å². The number of carbonyl (C=O) groups is 1. The third-order valence-corrected chi connectivity index (χ3v) is 3.07. The summed E-state index contributed by atoms with van der Waals surface area (Å²) in [6.07, 6.45) is 0. The fourth-order valence-corrected chi connectivity index (χ4v) is 1.71. The van der Waals surface area contributed by atoms with E-state index in [0.29, 0.717) is 0 Å². The topological polar surface area (TPSA) is 72.5 Å². The molecule has 0 saturated carbocycles. The predicted molar refractivity (Wildman–Crippen MR) is 69.3 cm³/mol. The lowest BCUT2D eigenvalue weighted by molar-refractivity contribution is -0.0500. The Morgan fingerprint density at radius 3 is 1.95 bits per heavy atom. The van der Waals surface area contributed by atoms with Gasteiger partial charge in [-0.1, -0.05) is 0 Å². The highest BCUT2D eigenvalue weighted by atomic mass is 32.2. The number of nitrogens with one attached hydrogen (secondary N) is 1. The standard InChI is InChI=1S/C12H14F3NO4S/c1-11(2,3)16-10(17)8-4-6-9(7-5-8)20-21(18,19)12(13,14)15/h4-7H,1-3H3,(H,16,17). The van der Waals surface area contributed by atoms with E-state index >= 15 is 0 Å². The van der Waals surface area contributed by atoms with E-state index < -0.39 is 32.8 Å². The normalized spacial score (nSPS) is 12.9.